The van der Waals surface area contributed by atoms with Crippen molar-refractivity contribution in [1.82, 2.24) is 5.32 Å². The fourth-order valence-electron chi connectivity index (χ4n) is 2.93. The number of hydrogen-bond donors (Lipinski definition) is 2. The van der Waals surface area contributed by atoms with Crippen molar-refractivity contribution < 1.29 is 4.79 Å². The maximum Gasteiger partial charge on any atom is 0.223 e. The normalized spacial score (nSPS) is 29.5. The number of nitrogens with two attached hydrogens (primary N) is 1. The molecule has 100 valence electrons. The monoisotopic (exact) mass is 260 g/mol. The molecule has 2 fully saturated rings. The van der Waals surface area contributed by atoms with Gasteiger partial charge in [0.2, 0.25) is 5.91 Å². The van der Waals surface area contributed by atoms with Gasteiger partial charge in [0.05, 0.1) is 0 Å². The van der Waals surface area contributed by atoms with Gasteiger partial charge in [-0.15, -0.1) is 12.4 Å². The van der Waals surface area contributed by atoms with Crippen molar-refractivity contribution in [2.75, 3.05) is 6.54 Å². The topological polar surface area (TPSA) is 55.1 Å². The lowest BCUT2D eigenvalue weighted by Crippen LogP contribution is -2.40. The quantitative estimate of drug-likeness (QED) is 0.795. The van der Waals surface area contributed by atoms with E-state index in [1.54, 1.807) is 0 Å². The SMILES string of the molecule is CC(CC1CC1)NC(=O)[C@@H]1CCC[C@@H]1CN.Cl. The summed E-state index contributed by atoms with van der Waals surface area (Å²) in [6.45, 7) is 2.79. The zero-order valence-corrected chi connectivity index (χ0v) is 11.5. The highest BCUT2D eigenvalue weighted by atomic mass is 35.5. The predicted octanol–water partition coefficient (Wildman–Crippen LogP) is 2.09. The Labute approximate surface area is 110 Å². The Morgan fingerprint density at radius 3 is 2.65 bits per heavy atom. The van der Waals surface area contributed by atoms with Gasteiger partial charge in [-0.05, 0) is 44.6 Å². The van der Waals surface area contributed by atoms with Gasteiger partial charge >= 0.3 is 0 Å². The van der Waals surface area contributed by atoms with Gasteiger partial charge in [0, 0.05) is 12.0 Å². The molecule has 3 N–H and O–H groups in total. The largest absolute Gasteiger partial charge is 0.353 e. The van der Waals surface area contributed by atoms with Crippen molar-refractivity contribution in [3.8, 4) is 0 Å². The number of amides is 1. The molecule has 0 spiro atoms. The first-order valence-electron chi connectivity index (χ1n) is 6.71. The molecule has 0 aromatic rings. The molecule has 4 heteroatoms. The Hall–Kier alpha value is -0.280. The molecule has 3 atom stereocenters. The zero-order chi connectivity index (χ0) is 11.5. The minimum Gasteiger partial charge on any atom is -0.353 e. The first-order valence-corrected chi connectivity index (χ1v) is 6.71. The first-order chi connectivity index (χ1) is 7.70. The number of halogens is 1. The van der Waals surface area contributed by atoms with Crippen LogP contribution in [0.15, 0.2) is 0 Å². The van der Waals surface area contributed by atoms with Crippen LogP contribution in [0.1, 0.15) is 45.4 Å². The molecule has 0 aliphatic heterocycles. The maximum atomic E-state index is 12.1. The van der Waals surface area contributed by atoms with E-state index in [0.29, 0.717) is 18.5 Å². The average Bonchev–Trinajstić information content (AvgIpc) is 2.93. The van der Waals surface area contributed by atoms with Crippen molar-refractivity contribution in [3.05, 3.63) is 0 Å². The molecule has 1 unspecified atom stereocenters. The average molecular weight is 261 g/mol. The van der Waals surface area contributed by atoms with E-state index in [-0.39, 0.29) is 24.2 Å². The van der Waals surface area contributed by atoms with Crippen molar-refractivity contribution in [3.63, 3.8) is 0 Å². The first kappa shape index (κ1) is 14.8. The lowest BCUT2D eigenvalue weighted by Gasteiger charge is -2.20. The van der Waals surface area contributed by atoms with E-state index in [1.165, 1.54) is 12.8 Å². The number of nitrogens with one attached hydrogen (secondary N) is 1. The highest BCUT2D eigenvalue weighted by Crippen LogP contribution is 2.34. The van der Waals surface area contributed by atoms with Crippen molar-refractivity contribution in [2.45, 2.75) is 51.5 Å². The van der Waals surface area contributed by atoms with Gasteiger partial charge in [-0.1, -0.05) is 19.3 Å². The lowest BCUT2D eigenvalue weighted by molar-refractivity contribution is -0.126. The molecule has 0 saturated heterocycles. The Morgan fingerprint density at radius 2 is 2.06 bits per heavy atom. The second kappa shape index (κ2) is 6.60. The zero-order valence-electron chi connectivity index (χ0n) is 10.7. The van der Waals surface area contributed by atoms with Crippen LogP contribution in [0.2, 0.25) is 0 Å². The minimum absolute atomic E-state index is 0. The van der Waals surface area contributed by atoms with Crippen LogP contribution < -0.4 is 11.1 Å². The van der Waals surface area contributed by atoms with E-state index < -0.39 is 0 Å². The van der Waals surface area contributed by atoms with Crippen LogP contribution in [0.3, 0.4) is 0 Å². The summed E-state index contributed by atoms with van der Waals surface area (Å²) in [7, 11) is 0. The third-order valence-corrected chi connectivity index (χ3v) is 4.07. The summed E-state index contributed by atoms with van der Waals surface area (Å²) in [5.74, 6) is 1.74. The summed E-state index contributed by atoms with van der Waals surface area (Å²) in [6, 6.07) is 0.346. The van der Waals surface area contributed by atoms with Crippen LogP contribution in [-0.2, 0) is 4.79 Å². The van der Waals surface area contributed by atoms with Crippen molar-refractivity contribution in [1.29, 1.82) is 0 Å². The Bertz CT molecular complexity index is 256. The standard InChI is InChI=1S/C13H24N2O.ClH/c1-9(7-10-5-6-10)15-13(16)12-4-2-3-11(12)8-14;/h9-12H,2-8,14H2,1H3,(H,15,16);1H/t9?,11-,12-;/m1./s1. The van der Waals surface area contributed by atoms with Crippen LogP contribution in [0.5, 0.6) is 0 Å². The second-order valence-corrected chi connectivity index (χ2v) is 5.62. The van der Waals surface area contributed by atoms with E-state index >= 15 is 0 Å². The van der Waals surface area contributed by atoms with Crippen molar-refractivity contribution >= 4 is 18.3 Å². The third kappa shape index (κ3) is 4.14. The summed E-state index contributed by atoms with van der Waals surface area (Å²) < 4.78 is 0. The molecule has 17 heavy (non-hydrogen) atoms. The fraction of sp³-hybridized carbons (Fsp3) is 0.923. The molecule has 2 rings (SSSR count). The van der Waals surface area contributed by atoms with E-state index in [2.05, 4.69) is 12.2 Å². The van der Waals surface area contributed by atoms with Crippen LogP contribution in [-0.4, -0.2) is 18.5 Å². The lowest BCUT2D eigenvalue weighted by atomic mass is 9.95. The highest BCUT2D eigenvalue weighted by Gasteiger charge is 2.33. The smallest absolute Gasteiger partial charge is 0.223 e. The third-order valence-electron chi connectivity index (χ3n) is 4.07. The summed E-state index contributed by atoms with van der Waals surface area (Å²) in [5, 5.41) is 3.16. The van der Waals surface area contributed by atoms with Gasteiger partial charge in [0.25, 0.3) is 0 Å². The Kier molecular flexibility index (Phi) is 5.74. The maximum absolute atomic E-state index is 12.1. The molecule has 1 amide bonds. The van der Waals surface area contributed by atoms with Gasteiger partial charge in [-0.2, -0.15) is 0 Å². The summed E-state index contributed by atoms with van der Waals surface area (Å²) in [4.78, 5) is 12.1. The molecule has 0 heterocycles. The molecule has 2 aliphatic rings. The van der Waals surface area contributed by atoms with Crippen LogP contribution >= 0.6 is 12.4 Å². The molecular formula is C13H25ClN2O. The van der Waals surface area contributed by atoms with E-state index in [9.17, 15) is 4.79 Å². The van der Waals surface area contributed by atoms with E-state index in [1.807, 2.05) is 0 Å². The molecule has 0 aromatic carbocycles. The molecular weight excluding hydrogens is 236 g/mol. The molecule has 2 aliphatic carbocycles. The number of carbonyl (C=O) groups excluding carboxylic acids is 1. The molecule has 0 bridgehead atoms. The molecule has 3 nitrogen and oxygen atoms in total. The van der Waals surface area contributed by atoms with Gasteiger partial charge < -0.3 is 11.1 Å². The van der Waals surface area contributed by atoms with E-state index in [0.717, 1.165) is 31.6 Å². The second-order valence-electron chi connectivity index (χ2n) is 5.62. The predicted molar refractivity (Wildman–Crippen MR) is 72.1 cm³/mol. The Balaban J connectivity index is 0.00000144. The number of carbonyl (C=O) groups is 1. The Morgan fingerprint density at radius 1 is 1.35 bits per heavy atom. The van der Waals surface area contributed by atoms with Gasteiger partial charge in [0.15, 0.2) is 0 Å². The summed E-state index contributed by atoms with van der Waals surface area (Å²) in [5.41, 5.74) is 5.70. The van der Waals surface area contributed by atoms with Crippen LogP contribution in [0, 0.1) is 17.8 Å². The fourth-order valence-corrected chi connectivity index (χ4v) is 2.93. The molecule has 2 saturated carbocycles. The summed E-state index contributed by atoms with van der Waals surface area (Å²) >= 11 is 0. The molecule has 0 aromatic heterocycles. The van der Waals surface area contributed by atoms with E-state index in [4.69, 9.17) is 5.73 Å². The van der Waals surface area contributed by atoms with Crippen LogP contribution in [0.4, 0.5) is 0 Å². The van der Waals surface area contributed by atoms with Crippen molar-refractivity contribution in [2.24, 2.45) is 23.5 Å². The van der Waals surface area contributed by atoms with Gasteiger partial charge in [-0.3, -0.25) is 4.79 Å². The van der Waals surface area contributed by atoms with Gasteiger partial charge in [-0.25, -0.2) is 0 Å². The highest BCUT2D eigenvalue weighted by molar-refractivity contribution is 5.85. The van der Waals surface area contributed by atoms with Crippen LogP contribution in [0.25, 0.3) is 0 Å². The molecule has 0 radical (unpaired) electrons. The number of hydrogen-bond acceptors (Lipinski definition) is 2. The summed E-state index contributed by atoms with van der Waals surface area (Å²) in [6.07, 6.45) is 7.20. The number of rotatable bonds is 5. The minimum atomic E-state index is 0. The van der Waals surface area contributed by atoms with Gasteiger partial charge in [0.1, 0.15) is 0 Å².